The van der Waals surface area contributed by atoms with Gasteiger partial charge < -0.3 is 9.80 Å². The Morgan fingerprint density at radius 2 is 1.74 bits per heavy atom. The third kappa shape index (κ3) is 4.97. The zero-order valence-corrected chi connectivity index (χ0v) is 15.4. The Hall–Kier alpha value is -1.02. The van der Waals surface area contributed by atoms with Crippen molar-refractivity contribution in [3.05, 3.63) is 28.2 Å². The first-order valence-electron chi connectivity index (χ1n) is 7.19. The maximum atomic E-state index is 12.4. The number of carbonyl (C=O) groups is 1. The van der Waals surface area contributed by atoms with Crippen molar-refractivity contribution < 1.29 is 18.1 Å². The minimum Gasteiger partial charge on any atom is -0.334 e. The molecule has 1 N–H and O–H groups in total. The highest BCUT2D eigenvalue weighted by molar-refractivity contribution is 7.92. The molecule has 1 heterocycles. The first-order chi connectivity index (χ1) is 10.7. The maximum Gasteiger partial charge on any atom is 0.243 e. The van der Waals surface area contributed by atoms with Gasteiger partial charge >= 0.3 is 0 Å². The normalized spacial score (nSPS) is 16.4. The summed E-state index contributed by atoms with van der Waals surface area (Å²) in [6.07, 6.45) is 1.06. The van der Waals surface area contributed by atoms with Crippen molar-refractivity contribution in [1.82, 2.24) is 4.90 Å². The predicted octanol–water partition coefficient (Wildman–Crippen LogP) is 0.116. The lowest BCUT2D eigenvalue weighted by molar-refractivity contribution is -0.883. The van der Waals surface area contributed by atoms with Crippen LogP contribution in [0.1, 0.15) is 0 Å². The van der Waals surface area contributed by atoms with Crippen LogP contribution in [0.3, 0.4) is 0 Å². The number of hydrogen-bond acceptors (Lipinski definition) is 3. The Bertz CT molecular complexity index is 668. The molecule has 1 fully saturated rings. The number of nitrogens with zero attached hydrogens (tertiary/aromatic N) is 2. The minimum atomic E-state index is -3.63. The third-order valence-electron chi connectivity index (χ3n) is 3.78. The van der Waals surface area contributed by atoms with Crippen LogP contribution in [0.2, 0.25) is 10.0 Å². The molecule has 0 bridgehead atoms. The van der Waals surface area contributed by atoms with Crippen molar-refractivity contribution in [2.24, 2.45) is 0 Å². The summed E-state index contributed by atoms with van der Waals surface area (Å²) >= 11 is 11.9. The Morgan fingerprint density at radius 3 is 2.22 bits per heavy atom. The fourth-order valence-electron chi connectivity index (χ4n) is 2.44. The Morgan fingerprint density at radius 1 is 1.22 bits per heavy atom. The van der Waals surface area contributed by atoms with E-state index in [2.05, 4.69) is 7.05 Å². The molecule has 2 rings (SSSR count). The Kier molecular flexibility index (Phi) is 5.78. The van der Waals surface area contributed by atoms with Gasteiger partial charge in [0.15, 0.2) is 0 Å². The lowest BCUT2D eigenvalue weighted by Gasteiger charge is -2.32. The van der Waals surface area contributed by atoms with E-state index in [0.29, 0.717) is 23.1 Å². The van der Waals surface area contributed by atoms with Gasteiger partial charge in [0, 0.05) is 10.0 Å². The number of carbonyl (C=O) groups excluding carboxylic acids is 1. The summed E-state index contributed by atoms with van der Waals surface area (Å²) in [5.74, 6) is -0.223. The molecular formula is C14H20Cl2N3O3S+. The zero-order valence-electron chi connectivity index (χ0n) is 13.1. The van der Waals surface area contributed by atoms with Gasteiger partial charge in [-0.15, -0.1) is 0 Å². The van der Waals surface area contributed by atoms with Crippen LogP contribution < -0.4 is 9.21 Å². The van der Waals surface area contributed by atoms with Crippen LogP contribution in [0.25, 0.3) is 0 Å². The molecule has 0 aromatic heterocycles. The van der Waals surface area contributed by atoms with E-state index in [4.69, 9.17) is 23.2 Å². The van der Waals surface area contributed by atoms with Crippen molar-refractivity contribution in [2.75, 3.05) is 50.3 Å². The van der Waals surface area contributed by atoms with E-state index >= 15 is 0 Å². The molecular weight excluding hydrogens is 361 g/mol. The second-order valence-electron chi connectivity index (χ2n) is 5.74. The smallest absolute Gasteiger partial charge is 0.243 e. The molecule has 6 nitrogen and oxygen atoms in total. The summed E-state index contributed by atoms with van der Waals surface area (Å²) in [5.41, 5.74) is 0.290. The molecule has 1 aliphatic rings. The van der Waals surface area contributed by atoms with Gasteiger partial charge in [-0.2, -0.15) is 0 Å². The van der Waals surface area contributed by atoms with Gasteiger partial charge in [0.25, 0.3) is 0 Å². The van der Waals surface area contributed by atoms with Gasteiger partial charge in [0.2, 0.25) is 15.9 Å². The van der Waals surface area contributed by atoms with E-state index in [1.807, 2.05) is 0 Å². The van der Waals surface area contributed by atoms with E-state index in [-0.39, 0.29) is 18.1 Å². The number of nitrogens with one attached hydrogen (secondary N) is 1. The van der Waals surface area contributed by atoms with Crippen LogP contribution in [-0.4, -0.2) is 65.3 Å². The van der Waals surface area contributed by atoms with Crippen molar-refractivity contribution in [1.29, 1.82) is 0 Å². The number of sulfonamides is 1. The van der Waals surface area contributed by atoms with Gasteiger partial charge in [-0.05, 0) is 18.2 Å². The van der Waals surface area contributed by atoms with E-state index in [1.54, 1.807) is 4.90 Å². The molecule has 1 aromatic rings. The Labute approximate surface area is 146 Å². The number of amides is 1. The molecule has 0 aliphatic carbocycles. The second-order valence-corrected chi connectivity index (χ2v) is 8.51. The molecule has 0 unspecified atom stereocenters. The molecule has 0 spiro atoms. The molecule has 1 saturated heterocycles. The molecule has 0 saturated carbocycles. The van der Waals surface area contributed by atoms with E-state index in [9.17, 15) is 13.2 Å². The fourth-order valence-corrected chi connectivity index (χ4v) is 3.79. The van der Waals surface area contributed by atoms with Gasteiger partial charge in [-0.25, -0.2) is 8.42 Å². The number of anilines is 1. The number of hydrogen-bond donors (Lipinski definition) is 1. The first-order valence-corrected chi connectivity index (χ1v) is 9.80. The number of rotatable bonds is 4. The monoisotopic (exact) mass is 380 g/mol. The highest BCUT2D eigenvalue weighted by atomic mass is 35.5. The van der Waals surface area contributed by atoms with Gasteiger partial charge in [-0.1, -0.05) is 23.2 Å². The van der Waals surface area contributed by atoms with E-state index < -0.39 is 10.0 Å². The largest absolute Gasteiger partial charge is 0.334 e. The maximum absolute atomic E-state index is 12.4. The number of likely N-dealkylation sites (N-methyl/N-ethyl adjacent to an activating group) is 1. The lowest BCUT2D eigenvalue weighted by atomic mass is 10.3. The van der Waals surface area contributed by atoms with Crippen LogP contribution in [0.4, 0.5) is 5.69 Å². The number of piperazine rings is 1. The minimum absolute atomic E-state index is 0.223. The molecule has 1 amide bonds. The van der Waals surface area contributed by atoms with Crippen molar-refractivity contribution in [2.45, 2.75) is 0 Å². The molecule has 1 aromatic carbocycles. The summed E-state index contributed by atoms with van der Waals surface area (Å²) in [6, 6.07) is 4.48. The molecule has 9 heteroatoms. The van der Waals surface area contributed by atoms with Crippen LogP contribution in [-0.2, 0) is 14.8 Å². The highest BCUT2D eigenvalue weighted by Crippen LogP contribution is 2.27. The quantitative estimate of drug-likeness (QED) is 0.806. The number of quaternary nitrogens is 1. The van der Waals surface area contributed by atoms with Crippen LogP contribution >= 0.6 is 23.2 Å². The van der Waals surface area contributed by atoms with E-state index in [1.165, 1.54) is 23.1 Å². The topological polar surface area (TPSA) is 62.1 Å². The van der Waals surface area contributed by atoms with Gasteiger partial charge in [-0.3, -0.25) is 9.10 Å². The van der Waals surface area contributed by atoms with Gasteiger partial charge in [0.05, 0.1) is 45.2 Å². The van der Waals surface area contributed by atoms with Crippen LogP contribution in [0.5, 0.6) is 0 Å². The van der Waals surface area contributed by atoms with Crippen molar-refractivity contribution in [3.8, 4) is 0 Å². The summed E-state index contributed by atoms with van der Waals surface area (Å²) in [5, 5.41) is 0.633. The first kappa shape index (κ1) is 18.3. The van der Waals surface area contributed by atoms with Crippen molar-refractivity contribution in [3.63, 3.8) is 0 Å². The summed E-state index contributed by atoms with van der Waals surface area (Å²) in [6.45, 7) is 2.70. The zero-order chi connectivity index (χ0) is 17.2. The molecule has 0 radical (unpaired) electrons. The van der Waals surface area contributed by atoms with E-state index in [0.717, 1.165) is 23.7 Å². The highest BCUT2D eigenvalue weighted by Gasteiger charge is 2.27. The second kappa shape index (κ2) is 7.25. The SMILES string of the molecule is C[NH+]1CCN(C(=O)CN(c2cc(Cl)cc(Cl)c2)S(C)(=O)=O)CC1. The number of benzene rings is 1. The van der Waals surface area contributed by atoms with Crippen LogP contribution in [0, 0.1) is 0 Å². The standard InChI is InChI=1S/C14H19Cl2N3O3S/c1-17-3-5-18(6-4-17)14(20)10-19(23(2,21)22)13-8-11(15)7-12(16)9-13/h7-9H,3-6,10H2,1-2H3/p+1. The third-order valence-corrected chi connectivity index (χ3v) is 5.36. The fraction of sp³-hybridized carbons (Fsp3) is 0.500. The lowest BCUT2D eigenvalue weighted by Crippen LogP contribution is -3.12. The molecule has 128 valence electrons. The molecule has 0 atom stereocenters. The Balaban J connectivity index is 2.21. The summed E-state index contributed by atoms with van der Waals surface area (Å²) in [4.78, 5) is 15.5. The number of halogens is 2. The molecule has 1 aliphatic heterocycles. The average Bonchev–Trinajstić information content (AvgIpc) is 2.42. The summed E-state index contributed by atoms with van der Waals surface area (Å²) in [7, 11) is -1.56. The molecule has 23 heavy (non-hydrogen) atoms. The van der Waals surface area contributed by atoms with Crippen molar-refractivity contribution >= 4 is 44.8 Å². The average molecular weight is 381 g/mol. The van der Waals surface area contributed by atoms with Crippen LogP contribution in [0.15, 0.2) is 18.2 Å². The van der Waals surface area contributed by atoms with Gasteiger partial charge in [0.1, 0.15) is 6.54 Å². The summed E-state index contributed by atoms with van der Waals surface area (Å²) < 4.78 is 25.2. The predicted molar refractivity (Wildman–Crippen MR) is 91.9 cm³/mol.